The molecule has 2 aliphatic heterocycles. The van der Waals surface area contributed by atoms with Crippen molar-refractivity contribution in [2.45, 2.75) is 6.54 Å². The number of piperazine rings is 1. The second-order valence-corrected chi connectivity index (χ2v) is 12.2. The van der Waals surface area contributed by atoms with Gasteiger partial charge in [-0.3, -0.25) is 14.7 Å². The number of benzene rings is 2. The van der Waals surface area contributed by atoms with E-state index < -0.39 is 0 Å². The van der Waals surface area contributed by atoms with Gasteiger partial charge in [0.25, 0.3) is 0 Å². The van der Waals surface area contributed by atoms with Crippen LogP contribution in [0.5, 0.6) is 0 Å². The standard InChI is InChI=1S/C33H35N7OS/c34-21-27-22-36-33-29(32(27)37-28-4-5-30-25(19-28)6-7-35-30)20-31(42-33)26-3-1-2-24(18-26)23-40-12-10-38(11-13-40)8-9-39-14-16-41-17-15-39/h1-7,18-20,22,35H,8-17,23H2,(H,36,37). The predicted molar refractivity (Wildman–Crippen MR) is 170 cm³/mol. The van der Waals surface area contributed by atoms with E-state index in [1.165, 1.54) is 11.1 Å². The number of pyridine rings is 1. The molecule has 8 nitrogen and oxygen atoms in total. The zero-order valence-electron chi connectivity index (χ0n) is 23.7. The number of nitrogens with one attached hydrogen (secondary N) is 2. The van der Waals surface area contributed by atoms with Gasteiger partial charge in [0.2, 0.25) is 0 Å². The molecule has 2 saturated heterocycles. The maximum absolute atomic E-state index is 9.87. The molecule has 0 atom stereocenters. The maximum Gasteiger partial charge on any atom is 0.126 e. The summed E-state index contributed by atoms with van der Waals surface area (Å²) in [5, 5.41) is 15.5. The van der Waals surface area contributed by atoms with E-state index in [0.717, 1.165) is 109 Å². The highest BCUT2D eigenvalue weighted by molar-refractivity contribution is 7.22. The number of H-pyrrole nitrogens is 1. The van der Waals surface area contributed by atoms with Crippen molar-refractivity contribution < 1.29 is 4.74 Å². The molecule has 2 aliphatic rings. The van der Waals surface area contributed by atoms with E-state index in [1.54, 1.807) is 17.5 Å². The van der Waals surface area contributed by atoms with Gasteiger partial charge in [0.05, 0.1) is 24.5 Å². The average molecular weight is 578 g/mol. The van der Waals surface area contributed by atoms with Gasteiger partial charge >= 0.3 is 0 Å². The molecule has 5 heterocycles. The highest BCUT2D eigenvalue weighted by atomic mass is 32.1. The van der Waals surface area contributed by atoms with Gasteiger partial charge in [-0.25, -0.2) is 4.98 Å². The van der Waals surface area contributed by atoms with Gasteiger partial charge in [-0.15, -0.1) is 11.3 Å². The number of nitrogens with zero attached hydrogens (tertiary/aromatic N) is 5. The molecule has 0 bridgehead atoms. The molecule has 0 unspecified atom stereocenters. The Balaban J connectivity index is 1.04. The van der Waals surface area contributed by atoms with Crippen LogP contribution in [0.15, 0.2) is 67.0 Å². The van der Waals surface area contributed by atoms with Crippen LogP contribution in [-0.4, -0.2) is 90.2 Å². The SMILES string of the molecule is N#Cc1cnc2sc(-c3cccc(CN4CCN(CCN5CCOCC5)CC4)c3)cc2c1Nc1ccc2[nH]ccc2c1. The van der Waals surface area contributed by atoms with Crippen molar-refractivity contribution in [2.24, 2.45) is 0 Å². The maximum atomic E-state index is 9.87. The van der Waals surface area contributed by atoms with E-state index in [4.69, 9.17) is 4.74 Å². The lowest BCUT2D eigenvalue weighted by Gasteiger charge is -2.36. The summed E-state index contributed by atoms with van der Waals surface area (Å²) in [5.74, 6) is 0. The third-order valence-corrected chi connectivity index (χ3v) is 9.52. The van der Waals surface area contributed by atoms with E-state index in [-0.39, 0.29) is 0 Å². The van der Waals surface area contributed by atoms with E-state index in [0.29, 0.717) is 5.56 Å². The second-order valence-electron chi connectivity index (χ2n) is 11.2. The fraction of sp³-hybridized carbons (Fsp3) is 0.333. The van der Waals surface area contributed by atoms with Gasteiger partial charge in [-0.1, -0.05) is 18.2 Å². The number of aromatic amines is 1. The first-order valence-electron chi connectivity index (χ1n) is 14.7. The fourth-order valence-electron chi connectivity index (χ4n) is 5.99. The lowest BCUT2D eigenvalue weighted by atomic mass is 10.1. The van der Waals surface area contributed by atoms with Crippen LogP contribution in [0.2, 0.25) is 0 Å². The number of hydrogen-bond acceptors (Lipinski definition) is 8. The zero-order valence-corrected chi connectivity index (χ0v) is 24.5. The van der Waals surface area contributed by atoms with Gasteiger partial charge in [-0.05, 0) is 47.5 Å². The van der Waals surface area contributed by atoms with Gasteiger partial charge in [0, 0.05) is 98.2 Å². The van der Waals surface area contributed by atoms with Crippen molar-refractivity contribution in [2.75, 3.05) is 70.9 Å². The quantitative estimate of drug-likeness (QED) is 0.252. The van der Waals surface area contributed by atoms with Crippen LogP contribution in [0.25, 0.3) is 31.6 Å². The zero-order chi connectivity index (χ0) is 28.3. The molecule has 0 radical (unpaired) electrons. The fourth-order valence-corrected chi connectivity index (χ4v) is 6.99. The first-order valence-corrected chi connectivity index (χ1v) is 15.5. The molecule has 3 aromatic heterocycles. The van der Waals surface area contributed by atoms with E-state index in [2.05, 4.69) is 84.6 Å². The van der Waals surface area contributed by atoms with Crippen LogP contribution in [-0.2, 0) is 11.3 Å². The molecule has 0 aliphatic carbocycles. The van der Waals surface area contributed by atoms with Crippen molar-refractivity contribution in [3.63, 3.8) is 0 Å². The summed E-state index contributed by atoms with van der Waals surface area (Å²) in [6.45, 7) is 11.6. The van der Waals surface area contributed by atoms with Crippen LogP contribution in [0, 0.1) is 11.3 Å². The van der Waals surface area contributed by atoms with Crippen LogP contribution >= 0.6 is 11.3 Å². The van der Waals surface area contributed by atoms with Crippen molar-refractivity contribution >= 4 is 43.8 Å². The van der Waals surface area contributed by atoms with Crippen LogP contribution < -0.4 is 5.32 Å². The Morgan fingerprint density at radius 2 is 1.74 bits per heavy atom. The number of thiophene rings is 1. The molecule has 9 heteroatoms. The Morgan fingerprint density at radius 3 is 2.57 bits per heavy atom. The third-order valence-electron chi connectivity index (χ3n) is 8.42. The minimum Gasteiger partial charge on any atom is -0.379 e. The summed E-state index contributed by atoms with van der Waals surface area (Å²) in [6.07, 6.45) is 3.61. The molecule has 2 fully saturated rings. The van der Waals surface area contributed by atoms with Gasteiger partial charge in [0.15, 0.2) is 0 Å². The summed E-state index contributed by atoms with van der Waals surface area (Å²) in [7, 11) is 0. The van der Waals surface area contributed by atoms with E-state index in [1.807, 2.05) is 12.3 Å². The molecule has 7 rings (SSSR count). The molecule has 0 spiro atoms. The smallest absolute Gasteiger partial charge is 0.126 e. The lowest BCUT2D eigenvalue weighted by Crippen LogP contribution is -2.49. The number of aromatic nitrogens is 2. The topological polar surface area (TPSA) is 83.5 Å². The molecule has 2 aromatic carbocycles. The lowest BCUT2D eigenvalue weighted by molar-refractivity contribution is 0.0297. The number of nitriles is 1. The monoisotopic (exact) mass is 577 g/mol. The molecular formula is C33H35N7OS. The largest absolute Gasteiger partial charge is 0.379 e. The summed E-state index contributed by atoms with van der Waals surface area (Å²) in [4.78, 5) is 17.6. The first kappa shape index (κ1) is 27.1. The average Bonchev–Trinajstić information content (AvgIpc) is 3.69. The molecule has 0 amide bonds. The van der Waals surface area contributed by atoms with E-state index >= 15 is 0 Å². The number of anilines is 2. The predicted octanol–water partition coefficient (Wildman–Crippen LogP) is 5.51. The van der Waals surface area contributed by atoms with Gasteiger partial charge in [-0.2, -0.15) is 5.26 Å². The van der Waals surface area contributed by atoms with Gasteiger partial charge in [0.1, 0.15) is 10.9 Å². The molecule has 5 aromatic rings. The Labute approximate surface area is 250 Å². The Kier molecular flexibility index (Phi) is 7.88. The Morgan fingerprint density at radius 1 is 0.929 bits per heavy atom. The van der Waals surface area contributed by atoms with Crippen molar-refractivity contribution in [1.29, 1.82) is 5.26 Å². The molecule has 42 heavy (non-hydrogen) atoms. The molecule has 214 valence electrons. The van der Waals surface area contributed by atoms with Crippen molar-refractivity contribution in [1.82, 2.24) is 24.7 Å². The number of rotatable bonds is 8. The summed E-state index contributed by atoms with van der Waals surface area (Å²) < 4.78 is 5.48. The number of hydrogen-bond donors (Lipinski definition) is 2. The van der Waals surface area contributed by atoms with Crippen LogP contribution in [0.1, 0.15) is 11.1 Å². The minimum atomic E-state index is 0.541. The number of fused-ring (bicyclic) bond motifs is 2. The highest BCUT2D eigenvalue weighted by Crippen LogP contribution is 2.39. The third kappa shape index (κ3) is 5.91. The molecule has 0 saturated carbocycles. The summed E-state index contributed by atoms with van der Waals surface area (Å²) in [5.41, 5.74) is 5.90. The Hall–Kier alpha value is -3.78. The summed E-state index contributed by atoms with van der Waals surface area (Å²) >= 11 is 1.67. The van der Waals surface area contributed by atoms with Crippen LogP contribution in [0.3, 0.4) is 0 Å². The van der Waals surface area contributed by atoms with E-state index in [9.17, 15) is 5.26 Å². The molecule has 2 N–H and O–H groups in total. The number of ether oxygens (including phenoxy) is 1. The Bertz CT molecular complexity index is 1720. The first-order chi connectivity index (χ1) is 20.7. The number of morpholine rings is 1. The normalized spacial score (nSPS) is 17.1. The highest BCUT2D eigenvalue weighted by Gasteiger charge is 2.19. The van der Waals surface area contributed by atoms with Crippen molar-refractivity contribution in [3.8, 4) is 16.5 Å². The summed E-state index contributed by atoms with van der Waals surface area (Å²) in [6, 6.07) is 21.6. The molecular weight excluding hydrogens is 542 g/mol. The minimum absolute atomic E-state index is 0.541. The van der Waals surface area contributed by atoms with Crippen LogP contribution in [0.4, 0.5) is 11.4 Å². The van der Waals surface area contributed by atoms with Crippen molar-refractivity contribution in [3.05, 3.63) is 78.1 Å². The van der Waals surface area contributed by atoms with Gasteiger partial charge < -0.3 is 15.0 Å². The second kappa shape index (κ2) is 12.2.